The number of hydrogen-bond donors (Lipinski definition) is 2. The molecular weight excluding hydrogens is 409 g/mol. The van der Waals surface area contributed by atoms with E-state index in [4.69, 9.17) is 11.6 Å². The van der Waals surface area contributed by atoms with Gasteiger partial charge in [0.2, 0.25) is 0 Å². The molecular formula is C20H15ClFN7O. The van der Waals surface area contributed by atoms with Gasteiger partial charge in [0, 0.05) is 12.3 Å². The van der Waals surface area contributed by atoms with Crippen LogP contribution in [0.15, 0.2) is 59.9 Å². The molecule has 5 rings (SSSR count). The molecule has 0 saturated carbocycles. The summed E-state index contributed by atoms with van der Waals surface area (Å²) in [6, 6.07) is 10.5. The van der Waals surface area contributed by atoms with Crippen LogP contribution in [0.3, 0.4) is 0 Å². The van der Waals surface area contributed by atoms with Crippen molar-refractivity contribution in [1.29, 1.82) is 0 Å². The number of fused-ring (bicyclic) bond motifs is 2. The molecule has 0 aliphatic carbocycles. The van der Waals surface area contributed by atoms with E-state index < -0.39 is 11.9 Å². The van der Waals surface area contributed by atoms with Crippen molar-refractivity contribution in [3.8, 4) is 5.69 Å². The number of nitrogens with zero attached hydrogens (tertiary/aromatic N) is 5. The number of aromatic amines is 1. The van der Waals surface area contributed by atoms with Gasteiger partial charge < -0.3 is 10.3 Å². The highest BCUT2D eigenvalue weighted by molar-refractivity contribution is 6.29. The number of H-pyrrole nitrogens is 1. The topological polar surface area (TPSA) is 92.9 Å². The second kappa shape index (κ2) is 6.96. The first-order valence-electron chi connectivity index (χ1n) is 9.13. The molecule has 150 valence electrons. The molecule has 4 heterocycles. The lowest BCUT2D eigenvalue weighted by molar-refractivity contribution is 0.639. The number of halogens is 2. The van der Waals surface area contributed by atoms with Crippen LogP contribution in [-0.4, -0.2) is 28.9 Å². The summed E-state index contributed by atoms with van der Waals surface area (Å²) in [6.07, 6.45) is 4.00. The Bertz CT molecular complexity index is 1440. The van der Waals surface area contributed by atoms with Crippen molar-refractivity contribution in [2.75, 3.05) is 5.32 Å². The monoisotopic (exact) mass is 423 g/mol. The highest BCUT2D eigenvalue weighted by Gasteiger charge is 2.20. The van der Waals surface area contributed by atoms with E-state index in [1.54, 1.807) is 10.6 Å². The van der Waals surface area contributed by atoms with Crippen LogP contribution in [0.25, 0.3) is 22.4 Å². The van der Waals surface area contributed by atoms with Crippen LogP contribution in [0.4, 0.5) is 10.2 Å². The zero-order valence-corrected chi connectivity index (χ0v) is 16.4. The van der Waals surface area contributed by atoms with Crippen molar-refractivity contribution in [3.63, 3.8) is 0 Å². The molecule has 0 saturated heterocycles. The summed E-state index contributed by atoms with van der Waals surface area (Å²) in [5, 5.41) is 3.67. The summed E-state index contributed by atoms with van der Waals surface area (Å²) in [5.74, 6) is -0.143. The first-order chi connectivity index (χ1) is 14.5. The average Bonchev–Trinajstić information content (AvgIpc) is 3.32. The number of benzene rings is 1. The molecule has 8 nitrogen and oxygen atoms in total. The molecule has 30 heavy (non-hydrogen) atoms. The standard InChI is InChI=1S/C20H15ClFN7O/c1-11(27-19-17-13(22)8-24-18(17)25-10-26-19)14-7-16-23-9-15(21)29(16)20(30)28(14)12-5-3-2-4-6-12/h2-11H,1H3,(H2,24,25,26,27). The van der Waals surface area contributed by atoms with Crippen LogP contribution < -0.4 is 11.0 Å². The van der Waals surface area contributed by atoms with Gasteiger partial charge in [-0.15, -0.1) is 0 Å². The van der Waals surface area contributed by atoms with E-state index in [1.165, 1.54) is 23.1 Å². The number of hydrogen-bond acceptors (Lipinski definition) is 5. The summed E-state index contributed by atoms with van der Waals surface area (Å²) in [6.45, 7) is 1.85. The number of nitrogens with one attached hydrogen (secondary N) is 2. The highest BCUT2D eigenvalue weighted by atomic mass is 35.5. The maximum absolute atomic E-state index is 14.2. The SMILES string of the molecule is CC(Nc1ncnc2[nH]cc(F)c12)c1cc2ncc(Cl)n2c(=O)n1-c1ccccc1. The number of anilines is 1. The lowest BCUT2D eigenvalue weighted by atomic mass is 10.2. The minimum Gasteiger partial charge on any atom is -0.361 e. The molecule has 0 spiro atoms. The van der Waals surface area contributed by atoms with Gasteiger partial charge in [0.05, 0.1) is 29.0 Å². The van der Waals surface area contributed by atoms with Gasteiger partial charge >= 0.3 is 5.69 Å². The zero-order valence-electron chi connectivity index (χ0n) is 15.7. The van der Waals surface area contributed by atoms with Gasteiger partial charge in [-0.3, -0.25) is 4.57 Å². The maximum atomic E-state index is 14.2. The van der Waals surface area contributed by atoms with E-state index in [2.05, 4.69) is 25.3 Å². The molecule has 0 amide bonds. The van der Waals surface area contributed by atoms with E-state index in [9.17, 15) is 9.18 Å². The van der Waals surface area contributed by atoms with Crippen LogP contribution in [0.2, 0.25) is 5.15 Å². The minimum atomic E-state index is -0.462. The van der Waals surface area contributed by atoms with Gasteiger partial charge in [-0.2, -0.15) is 0 Å². The van der Waals surface area contributed by atoms with E-state index in [-0.39, 0.29) is 16.2 Å². The third-order valence-electron chi connectivity index (χ3n) is 4.90. The lowest BCUT2D eigenvalue weighted by Crippen LogP contribution is -2.30. The average molecular weight is 424 g/mol. The second-order valence-electron chi connectivity index (χ2n) is 6.75. The predicted octanol–water partition coefficient (Wildman–Crippen LogP) is 3.72. The van der Waals surface area contributed by atoms with Gasteiger partial charge in [-0.25, -0.2) is 28.5 Å². The first kappa shape index (κ1) is 18.3. The Hall–Kier alpha value is -3.72. The molecule has 0 fully saturated rings. The molecule has 2 N–H and O–H groups in total. The smallest absolute Gasteiger partial charge is 0.339 e. The summed E-state index contributed by atoms with van der Waals surface area (Å²) in [4.78, 5) is 28.5. The van der Waals surface area contributed by atoms with Crippen molar-refractivity contribution in [2.45, 2.75) is 13.0 Å². The van der Waals surface area contributed by atoms with Gasteiger partial charge in [0.1, 0.15) is 28.6 Å². The normalized spacial score (nSPS) is 12.5. The fourth-order valence-corrected chi connectivity index (χ4v) is 3.72. The van der Waals surface area contributed by atoms with Crippen LogP contribution >= 0.6 is 11.6 Å². The zero-order chi connectivity index (χ0) is 20.8. The van der Waals surface area contributed by atoms with Crippen molar-refractivity contribution >= 4 is 34.1 Å². The highest BCUT2D eigenvalue weighted by Crippen LogP contribution is 2.27. The van der Waals surface area contributed by atoms with Crippen LogP contribution in [0.5, 0.6) is 0 Å². The van der Waals surface area contributed by atoms with Crippen molar-refractivity contribution in [1.82, 2.24) is 28.9 Å². The Kier molecular flexibility index (Phi) is 4.25. The first-order valence-corrected chi connectivity index (χ1v) is 9.51. The Balaban J connectivity index is 1.69. The summed E-state index contributed by atoms with van der Waals surface area (Å²) in [7, 11) is 0. The molecule has 5 aromatic rings. The van der Waals surface area contributed by atoms with Gasteiger partial charge in [-0.1, -0.05) is 29.8 Å². The van der Waals surface area contributed by atoms with Gasteiger partial charge in [-0.05, 0) is 19.1 Å². The quantitative estimate of drug-likeness (QED) is 0.459. The maximum Gasteiger partial charge on any atom is 0.339 e. The number of aromatic nitrogens is 6. The molecule has 0 aliphatic rings. The van der Waals surface area contributed by atoms with Crippen LogP contribution in [-0.2, 0) is 0 Å². The molecule has 10 heteroatoms. The van der Waals surface area contributed by atoms with Gasteiger partial charge in [0.25, 0.3) is 0 Å². The Morgan fingerprint density at radius 1 is 1.20 bits per heavy atom. The van der Waals surface area contributed by atoms with E-state index in [1.807, 2.05) is 37.3 Å². The molecule has 0 radical (unpaired) electrons. The molecule has 1 unspecified atom stereocenters. The molecule has 0 bridgehead atoms. The van der Waals surface area contributed by atoms with E-state index in [0.29, 0.717) is 28.5 Å². The Morgan fingerprint density at radius 2 is 2.00 bits per heavy atom. The third-order valence-corrected chi connectivity index (χ3v) is 5.16. The van der Waals surface area contributed by atoms with Gasteiger partial charge in [0.15, 0.2) is 5.82 Å². The molecule has 4 aromatic heterocycles. The summed E-state index contributed by atoms with van der Waals surface area (Å²) in [5.41, 5.74) is 1.72. The fraction of sp³-hybridized carbons (Fsp3) is 0.100. The van der Waals surface area contributed by atoms with Crippen LogP contribution in [0.1, 0.15) is 18.7 Å². The second-order valence-corrected chi connectivity index (χ2v) is 7.13. The lowest BCUT2D eigenvalue weighted by Gasteiger charge is -2.21. The Labute approximate surface area is 174 Å². The summed E-state index contributed by atoms with van der Waals surface area (Å²) >= 11 is 6.18. The number of imidazole rings is 1. The van der Waals surface area contributed by atoms with E-state index in [0.717, 1.165) is 0 Å². The minimum absolute atomic E-state index is 0.221. The molecule has 0 aliphatic heterocycles. The van der Waals surface area contributed by atoms with Crippen molar-refractivity contribution < 1.29 is 4.39 Å². The molecule has 1 atom stereocenters. The molecule has 1 aromatic carbocycles. The van der Waals surface area contributed by atoms with Crippen molar-refractivity contribution in [3.05, 3.63) is 82.3 Å². The fourth-order valence-electron chi connectivity index (χ4n) is 3.51. The number of para-hydroxylation sites is 1. The summed E-state index contributed by atoms with van der Waals surface area (Å²) < 4.78 is 17.1. The number of rotatable bonds is 4. The van der Waals surface area contributed by atoms with Crippen LogP contribution in [0, 0.1) is 5.82 Å². The largest absolute Gasteiger partial charge is 0.361 e. The van der Waals surface area contributed by atoms with E-state index >= 15 is 0 Å². The van der Waals surface area contributed by atoms with Crippen molar-refractivity contribution in [2.24, 2.45) is 0 Å². The third kappa shape index (κ3) is 2.82. The predicted molar refractivity (Wildman–Crippen MR) is 112 cm³/mol. The Morgan fingerprint density at radius 3 is 2.80 bits per heavy atom.